The highest BCUT2D eigenvalue weighted by Crippen LogP contribution is 2.57. The summed E-state index contributed by atoms with van der Waals surface area (Å²) in [6, 6.07) is 13.0. The number of likely N-dealkylation sites (tertiary alicyclic amines) is 1. The molecule has 1 amide bonds. The van der Waals surface area contributed by atoms with Crippen LogP contribution in [0.2, 0.25) is 0 Å². The lowest BCUT2D eigenvalue weighted by Crippen LogP contribution is -2.39. The maximum Gasteiger partial charge on any atom is 0.393 e. The first-order valence-corrected chi connectivity index (χ1v) is 16.7. The Morgan fingerprint density at radius 3 is 2.67 bits per heavy atom. The Morgan fingerprint density at radius 1 is 1.18 bits per heavy atom. The fourth-order valence-electron chi connectivity index (χ4n) is 6.81. The smallest absolute Gasteiger partial charge is 0.383 e. The number of nitrogens with one attached hydrogen (secondary N) is 2. The molecule has 1 aromatic carbocycles. The van der Waals surface area contributed by atoms with Crippen molar-refractivity contribution in [2.45, 2.75) is 63.0 Å². The number of thiophene rings is 1. The van der Waals surface area contributed by atoms with Crippen molar-refractivity contribution in [2.24, 2.45) is 0 Å². The lowest BCUT2D eigenvalue weighted by atomic mass is 10.0. The number of nitrogens with zero attached hydrogens (tertiary/aromatic N) is 6. The summed E-state index contributed by atoms with van der Waals surface area (Å²) in [5.74, 6) is 0.552. The van der Waals surface area contributed by atoms with Gasteiger partial charge in [-0.1, -0.05) is 18.7 Å². The molecular formula is C35H33F3N8O2S. The quantitative estimate of drug-likeness (QED) is 0.153. The second kappa shape index (κ2) is 12.6. The van der Waals surface area contributed by atoms with E-state index in [9.17, 15) is 28.3 Å². The van der Waals surface area contributed by atoms with Crippen molar-refractivity contribution in [1.29, 1.82) is 5.26 Å². The van der Waals surface area contributed by atoms with Crippen LogP contribution in [0.25, 0.3) is 21.1 Å². The number of pyridine rings is 1. The number of alkyl halides is 3. The molecule has 5 aromatic rings. The Bertz CT molecular complexity index is 2110. The lowest BCUT2D eigenvalue weighted by molar-refractivity contribution is -0.126. The predicted molar refractivity (Wildman–Crippen MR) is 181 cm³/mol. The number of carbonyl (C=O) groups excluding carboxylic acids is 1. The molecule has 0 spiro atoms. The summed E-state index contributed by atoms with van der Waals surface area (Å²) in [6.45, 7) is 7.89. The Kier molecular flexibility index (Phi) is 8.38. The van der Waals surface area contributed by atoms with Crippen LogP contribution >= 0.6 is 11.3 Å². The van der Waals surface area contributed by atoms with Crippen molar-refractivity contribution in [3.63, 3.8) is 0 Å². The molecule has 10 nitrogen and oxygen atoms in total. The van der Waals surface area contributed by atoms with E-state index >= 15 is 0 Å². The third-order valence-corrected chi connectivity index (χ3v) is 10.5. The van der Waals surface area contributed by atoms with Crippen LogP contribution in [0.1, 0.15) is 52.6 Å². The summed E-state index contributed by atoms with van der Waals surface area (Å²) in [5.41, 5.74) is 3.01. The molecule has 7 rings (SSSR count). The third-order valence-electron chi connectivity index (χ3n) is 9.50. The summed E-state index contributed by atoms with van der Waals surface area (Å²) in [5, 5.41) is 29.2. The van der Waals surface area contributed by atoms with Crippen LogP contribution in [0.4, 0.5) is 24.8 Å². The van der Waals surface area contributed by atoms with Gasteiger partial charge < -0.3 is 20.3 Å². The summed E-state index contributed by atoms with van der Waals surface area (Å²) in [7, 11) is 0. The van der Waals surface area contributed by atoms with Gasteiger partial charge in [0.1, 0.15) is 40.2 Å². The molecule has 3 N–H and O–H groups in total. The number of aliphatic hydroxyl groups is 1. The number of benzene rings is 1. The number of piperidine rings is 1. The molecule has 1 saturated heterocycles. The van der Waals surface area contributed by atoms with Gasteiger partial charge in [0.2, 0.25) is 5.91 Å². The van der Waals surface area contributed by atoms with Gasteiger partial charge in [-0.25, -0.2) is 15.0 Å². The van der Waals surface area contributed by atoms with Crippen LogP contribution in [0.3, 0.4) is 0 Å². The number of fused-ring (bicyclic) bond motifs is 2. The summed E-state index contributed by atoms with van der Waals surface area (Å²) in [6.07, 6.45) is 0.958. The Balaban J connectivity index is 1.02. The van der Waals surface area contributed by atoms with E-state index in [1.54, 1.807) is 24.4 Å². The van der Waals surface area contributed by atoms with E-state index in [4.69, 9.17) is 0 Å². The van der Waals surface area contributed by atoms with E-state index < -0.39 is 18.2 Å². The number of halogens is 3. The molecule has 0 radical (unpaired) electrons. The molecule has 252 valence electrons. The van der Waals surface area contributed by atoms with Gasteiger partial charge >= 0.3 is 6.18 Å². The number of aromatic nitrogens is 4. The zero-order chi connectivity index (χ0) is 34.5. The number of nitriles is 1. The number of hydrogen-bond donors (Lipinski definition) is 3. The van der Waals surface area contributed by atoms with E-state index in [1.807, 2.05) is 16.7 Å². The fraction of sp³-hybridized carbons (Fsp3) is 0.343. The topological polar surface area (TPSA) is 132 Å². The van der Waals surface area contributed by atoms with Gasteiger partial charge in [-0.2, -0.15) is 18.4 Å². The van der Waals surface area contributed by atoms with Crippen molar-refractivity contribution in [3.8, 4) is 6.07 Å². The monoisotopic (exact) mass is 686 g/mol. The van der Waals surface area contributed by atoms with Crippen LogP contribution < -0.4 is 10.6 Å². The largest absolute Gasteiger partial charge is 0.393 e. The average Bonchev–Trinajstić information content (AvgIpc) is 3.38. The first-order chi connectivity index (χ1) is 23.5. The van der Waals surface area contributed by atoms with Crippen molar-refractivity contribution >= 4 is 50.0 Å². The zero-order valence-electron chi connectivity index (χ0n) is 26.6. The minimum Gasteiger partial charge on any atom is -0.383 e. The molecule has 5 heterocycles. The molecule has 2 fully saturated rings. The number of rotatable bonds is 9. The Morgan fingerprint density at radius 2 is 1.98 bits per heavy atom. The molecular weight excluding hydrogens is 654 g/mol. The predicted octanol–water partition coefficient (Wildman–Crippen LogP) is 6.36. The second-order valence-electron chi connectivity index (χ2n) is 12.7. The van der Waals surface area contributed by atoms with Gasteiger partial charge in [0.05, 0.1) is 17.8 Å². The maximum absolute atomic E-state index is 13.0. The van der Waals surface area contributed by atoms with Crippen LogP contribution in [-0.4, -0.2) is 60.7 Å². The van der Waals surface area contributed by atoms with E-state index in [0.717, 1.165) is 71.9 Å². The normalized spacial score (nSPS) is 20.0. The number of amides is 1. The SMILES string of the molecule is C=CC(=O)Nc1ccc(C2(O)CC2n2c(C#N)cc3c(C)c(CN4CCC(Nc5ncnc6sc(CC(F)(F)F)cc56)CC4)ccc32)cn1. The van der Waals surface area contributed by atoms with E-state index in [-0.39, 0.29) is 22.9 Å². The molecule has 49 heavy (non-hydrogen) atoms. The van der Waals surface area contributed by atoms with Crippen molar-refractivity contribution in [2.75, 3.05) is 23.7 Å². The minimum absolute atomic E-state index is 0.130. The van der Waals surface area contributed by atoms with Gasteiger partial charge in [0, 0.05) is 59.6 Å². The molecule has 4 aromatic heterocycles. The van der Waals surface area contributed by atoms with Crippen LogP contribution in [0, 0.1) is 18.3 Å². The van der Waals surface area contributed by atoms with Crippen molar-refractivity contribution in [3.05, 3.63) is 88.8 Å². The third kappa shape index (κ3) is 6.49. The van der Waals surface area contributed by atoms with E-state index in [2.05, 4.69) is 56.1 Å². The molecule has 2 unspecified atom stereocenters. The van der Waals surface area contributed by atoms with Gasteiger partial charge in [-0.15, -0.1) is 11.3 Å². The Hall–Kier alpha value is -4.84. The van der Waals surface area contributed by atoms with E-state index in [1.165, 1.54) is 6.33 Å². The first-order valence-electron chi connectivity index (χ1n) is 15.9. The summed E-state index contributed by atoms with van der Waals surface area (Å²) < 4.78 is 40.8. The van der Waals surface area contributed by atoms with Crippen LogP contribution in [-0.2, 0) is 23.4 Å². The lowest BCUT2D eigenvalue weighted by Gasteiger charge is -2.33. The molecule has 1 aliphatic carbocycles. The summed E-state index contributed by atoms with van der Waals surface area (Å²) in [4.78, 5) is 27.5. The molecule has 0 bridgehead atoms. The molecule has 1 saturated carbocycles. The minimum atomic E-state index is -4.28. The van der Waals surface area contributed by atoms with Gasteiger partial charge in [-0.3, -0.25) is 9.69 Å². The van der Waals surface area contributed by atoms with Gasteiger partial charge in [0.25, 0.3) is 0 Å². The van der Waals surface area contributed by atoms with Crippen molar-refractivity contribution in [1.82, 2.24) is 24.4 Å². The molecule has 1 aliphatic heterocycles. The number of anilines is 2. The number of carbonyl (C=O) groups is 1. The fourth-order valence-corrected chi connectivity index (χ4v) is 7.83. The highest BCUT2D eigenvalue weighted by molar-refractivity contribution is 7.18. The highest BCUT2D eigenvalue weighted by atomic mass is 32.1. The summed E-state index contributed by atoms with van der Waals surface area (Å²) >= 11 is 1.05. The standard InChI is InChI=1S/C35H33F3N8O2S/c1-3-31(47)44-30-7-5-22(17-40-30)34(48)15-29(34)46-24(16-39)12-26-20(2)21(4-6-28(26)46)18-45-10-8-23(9-11-45)43-32-27-13-25(14-35(36,37)38)49-33(27)42-19-41-32/h3-7,12-13,17,19,23,29,48H,1,8-11,14-15,18H2,2H3,(H,40,44,47)(H,41,42,43). The number of aryl methyl sites for hydroxylation is 1. The molecule has 14 heteroatoms. The van der Waals surface area contributed by atoms with Gasteiger partial charge in [-0.05, 0) is 61.2 Å². The highest BCUT2D eigenvalue weighted by Gasteiger charge is 2.56. The average molecular weight is 687 g/mol. The van der Waals surface area contributed by atoms with E-state index in [0.29, 0.717) is 39.5 Å². The maximum atomic E-state index is 13.0. The second-order valence-corrected chi connectivity index (χ2v) is 13.8. The zero-order valence-corrected chi connectivity index (χ0v) is 27.4. The number of hydrogen-bond acceptors (Lipinski definition) is 9. The Labute approximate surface area is 283 Å². The van der Waals surface area contributed by atoms with Gasteiger partial charge in [0.15, 0.2) is 0 Å². The molecule has 2 aliphatic rings. The van der Waals surface area contributed by atoms with Crippen molar-refractivity contribution < 1.29 is 23.1 Å². The van der Waals surface area contributed by atoms with Crippen LogP contribution in [0.15, 0.2) is 61.6 Å². The first kappa shape index (κ1) is 32.7. The molecule has 2 atom stereocenters. The van der Waals surface area contributed by atoms with Crippen LogP contribution in [0.5, 0.6) is 0 Å².